The summed E-state index contributed by atoms with van der Waals surface area (Å²) in [6.07, 6.45) is 0.936. The van der Waals surface area contributed by atoms with Gasteiger partial charge < -0.3 is 11.1 Å². The highest BCUT2D eigenvalue weighted by atomic mass is 16.2. The number of aryl methyl sites for hydroxylation is 1. The molecule has 0 aromatic heterocycles. The van der Waals surface area contributed by atoms with Crippen LogP contribution in [0.5, 0.6) is 0 Å². The van der Waals surface area contributed by atoms with Crippen molar-refractivity contribution in [3.05, 3.63) is 65.2 Å². The van der Waals surface area contributed by atoms with E-state index in [1.807, 2.05) is 43.3 Å². The van der Waals surface area contributed by atoms with Crippen LogP contribution in [0.15, 0.2) is 48.5 Å². The third-order valence-corrected chi connectivity index (χ3v) is 4.15. The fourth-order valence-corrected chi connectivity index (χ4v) is 2.71. The van der Waals surface area contributed by atoms with Crippen LogP contribution in [-0.4, -0.2) is 5.91 Å². The van der Waals surface area contributed by atoms with Crippen molar-refractivity contribution in [2.75, 3.05) is 5.32 Å². The number of amides is 1. The van der Waals surface area contributed by atoms with Gasteiger partial charge in [0.1, 0.15) is 0 Å². The molecule has 0 saturated heterocycles. The first-order chi connectivity index (χ1) is 10.2. The Kier molecular flexibility index (Phi) is 3.76. The standard InChI is InChI=1S/C18H20N2O/c1-12-7-8-13(11-19)9-17(12)20-18(21)16-10-15(16)14-5-3-2-4-6-14/h2-9,15-16H,10-11,19H2,1H3,(H,20,21). The van der Waals surface area contributed by atoms with Crippen LogP contribution < -0.4 is 11.1 Å². The van der Waals surface area contributed by atoms with Gasteiger partial charge in [0.05, 0.1) is 0 Å². The molecule has 0 bridgehead atoms. The number of rotatable bonds is 4. The SMILES string of the molecule is Cc1ccc(CN)cc1NC(=O)C1CC1c1ccccc1. The number of nitrogens with two attached hydrogens (primary N) is 1. The van der Waals surface area contributed by atoms with E-state index in [1.54, 1.807) is 0 Å². The van der Waals surface area contributed by atoms with E-state index >= 15 is 0 Å². The lowest BCUT2D eigenvalue weighted by Crippen LogP contribution is -2.15. The molecule has 3 heteroatoms. The highest BCUT2D eigenvalue weighted by Gasteiger charge is 2.43. The lowest BCUT2D eigenvalue weighted by molar-refractivity contribution is -0.117. The van der Waals surface area contributed by atoms with Gasteiger partial charge in [-0.25, -0.2) is 0 Å². The van der Waals surface area contributed by atoms with Gasteiger partial charge >= 0.3 is 0 Å². The van der Waals surface area contributed by atoms with E-state index < -0.39 is 0 Å². The first-order valence-corrected chi connectivity index (χ1v) is 7.34. The summed E-state index contributed by atoms with van der Waals surface area (Å²) < 4.78 is 0. The summed E-state index contributed by atoms with van der Waals surface area (Å²) in [7, 11) is 0. The molecule has 21 heavy (non-hydrogen) atoms. The summed E-state index contributed by atoms with van der Waals surface area (Å²) in [6.45, 7) is 2.48. The largest absolute Gasteiger partial charge is 0.326 e. The fraction of sp³-hybridized carbons (Fsp3) is 0.278. The predicted octanol–water partition coefficient (Wildman–Crippen LogP) is 3.20. The van der Waals surface area contributed by atoms with E-state index in [1.165, 1.54) is 5.56 Å². The second kappa shape index (κ2) is 5.70. The lowest BCUT2D eigenvalue weighted by Gasteiger charge is -2.10. The summed E-state index contributed by atoms with van der Waals surface area (Å²) >= 11 is 0. The Balaban J connectivity index is 1.68. The Bertz CT molecular complexity index is 652. The molecule has 2 aromatic carbocycles. The van der Waals surface area contributed by atoms with Gasteiger partial charge in [0.15, 0.2) is 0 Å². The van der Waals surface area contributed by atoms with Gasteiger partial charge in [0, 0.05) is 18.2 Å². The number of anilines is 1. The summed E-state index contributed by atoms with van der Waals surface area (Å²) in [5.41, 5.74) is 9.89. The van der Waals surface area contributed by atoms with Crippen LogP contribution in [0.2, 0.25) is 0 Å². The molecule has 1 amide bonds. The van der Waals surface area contributed by atoms with Gasteiger partial charge in [-0.15, -0.1) is 0 Å². The van der Waals surface area contributed by atoms with Gasteiger partial charge in [-0.1, -0.05) is 42.5 Å². The molecule has 2 unspecified atom stereocenters. The number of benzene rings is 2. The molecular weight excluding hydrogens is 260 g/mol. The molecule has 1 aliphatic carbocycles. The van der Waals surface area contributed by atoms with Crippen molar-refractivity contribution in [3.8, 4) is 0 Å². The highest BCUT2D eigenvalue weighted by molar-refractivity contribution is 5.95. The Morgan fingerprint density at radius 1 is 1.24 bits per heavy atom. The molecule has 0 aliphatic heterocycles. The molecule has 0 heterocycles. The number of carbonyl (C=O) groups excluding carboxylic acids is 1. The Morgan fingerprint density at radius 2 is 2.00 bits per heavy atom. The van der Waals surface area contributed by atoms with Crippen molar-refractivity contribution in [1.82, 2.24) is 0 Å². The van der Waals surface area contributed by atoms with Crippen LogP contribution in [0.3, 0.4) is 0 Å². The summed E-state index contributed by atoms with van der Waals surface area (Å²) in [5, 5.41) is 3.05. The van der Waals surface area contributed by atoms with Gasteiger partial charge in [-0.05, 0) is 42.0 Å². The Hall–Kier alpha value is -2.13. The van der Waals surface area contributed by atoms with Crippen molar-refractivity contribution >= 4 is 11.6 Å². The molecule has 3 rings (SSSR count). The number of nitrogens with one attached hydrogen (secondary N) is 1. The normalized spacial score (nSPS) is 20.1. The van der Waals surface area contributed by atoms with Crippen LogP contribution >= 0.6 is 0 Å². The average molecular weight is 280 g/mol. The number of hydrogen-bond acceptors (Lipinski definition) is 2. The van der Waals surface area contributed by atoms with E-state index in [-0.39, 0.29) is 11.8 Å². The third kappa shape index (κ3) is 2.98. The quantitative estimate of drug-likeness (QED) is 0.903. The number of carbonyl (C=O) groups is 1. The van der Waals surface area contributed by atoms with Crippen LogP contribution in [0, 0.1) is 12.8 Å². The van der Waals surface area contributed by atoms with E-state index in [4.69, 9.17) is 5.73 Å². The molecule has 1 aliphatic rings. The monoisotopic (exact) mass is 280 g/mol. The van der Waals surface area contributed by atoms with Gasteiger partial charge in [0.2, 0.25) is 5.91 Å². The molecule has 108 valence electrons. The number of hydrogen-bond donors (Lipinski definition) is 2. The maximum Gasteiger partial charge on any atom is 0.228 e. The molecule has 3 N–H and O–H groups in total. The second-order valence-electron chi connectivity index (χ2n) is 5.70. The first kappa shape index (κ1) is 13.8. The summed E-state index contributed by atoms with van der Waals surface area (Å²) in [5.74, 6) is 0.568. The van der Waals surface area contributed by atoms with Crippen molar-refractivity contribution < 1.29 is 4.79 Å². The maximum atomic E-state index is 12.4. The molecule has 1 fully saturated rings. The van der Waals surface area contributed by atoms with E-state index in [9.17, 15) is 4.79 Å². The third-order valence-electron chi connectivity index (χ3n) is 4.15. The topological polar surface area (TPSA) is 55.1 Å². The maximum absolute atomic E-state index is 12.4. The minimum Gasteiger partial charge on any atom is -0.326 e. The summed E-state index contributed by atoms with van der Waals surface area (Å²) in [4.78, 5) is 12.4. The van der Waals surface area contributed by atoms with Crippen molar-refractivity contribution in [1.29, 1.82) is 0 Å². The van der Waals surface area contributed by atoms with E-state index in [2.05, 4.69) is 17.4 Å². The Labute approximate surface area is 125 Å². The van der Waals surface area contributed by atoms with Crippen molar-refractivity contribution in [3.63, 3.8) is 0 Å². The minimum absolute atomic E-state index is 0.0910. The van der Waals surface area contributed by atoms with Gasteiger partial charge in [-0.2, -0.15) is 0 Å². The van der Waals surface area contributed by atoms with Crippen LogP contribution in [0.1, 0.15) is 29.0 Å². The lowest BCUT2D eigenvalue weighted by atomic mass is 10.1. The van der Waals surface area contributed by atoms with Crippen molar-refractivity contribution in [2.45, 2.75) is 25.8 Å². The van der Waals surface area contributed by atoms with E-state index in [0.29, 0.717) is 12.5 Å². The smallest absolute Gasteiger partial charge is 0.228 e. The van der Waals surface area contributed by atoms with Crippen molar-refractivity contribution in [2.24, 2.45) is 11.7 Å². The van der Waals surface area contributed by atoms with Crippen LogP contribution in [-0.2, 0) is 11.3 Å². The molecular formula is C18H20N2O. The molecule has 0 radical (unpaired) electrons. The van der Waals surface area contributed by atoms with Crippen LogP contribution in [0.25, 0.3) is 0 Å². The minimum atomic E-state index is 0.0910. The molecule has 2 atom stereocenters. The fourth-order valence-electron chi connectivity index (χ4n) is 2.71. The van der Waals surface area contributed by atoms with Gasteiger partial charge in [0.25, 0.3) is 0 Å². The van der Waals surface area contributed by atoms with Crippen LogP contribution in [0.4, 0.5) is 5.69 Å². The molecule has 0 spiro atoms. The molecule has 1 saturated carbocycles. The zero-order chi connectivity index (χ0) is 14.8. The first-order valence-electron chi connectivity index (χ1n) is 7.34. The zero-order valence-electron chi connectivity index (χ0n) is 12.2. The molecule has 2 aromatic rings. The molecule has 3 nitrogen and oxygen atoms in total. The van der Waals surface area contributed by atoms with Gasteiger partial charge in [-0.3, -0.25) is 4.79 Å². The summed E-state index contributed by atoms with van der Waals surface area (Å²) in [6, 6.07) is 16.2. The second-order valence-corrected chi connectivity index (χ2v) is 5.70. The predicted molar refractivity (Wildman–Crippen MR) is 85.0 cm³/mol. The Morgan fingerprint density at radius 3 is 2.71 bits per heavy atom. The zero-order valence-corrected chi connectivity index (χ0v) is 12.2. The van der Waals surface area contributed by atoms with E-state index in [0.717, 1.165) is 23.2 Å². The average Bonchev–Trinajstić information content (AvgIpc) is 3.31. The highest BCUT2D eigenvalue weighted by Crippen LogP contribution is 2.47.